The standard InChI is InChI=1S/C18H20O2/c1-17(2)11-18(3)10-15(19)13(17)9-14(18)16(20)12-7-5-4-6-8-12/h4-9,13H,10-11H2,1-3H3. The number of allylic oxidation sites excluding steroid dienone is 2. The number of hydrogen-bond acceptors (Lipinski definition) is 2. The SMILES string of the molecule is CC12CC(=O)C(C=C1C(=O)c1ccccc1)C(C)(C)C2. The lowest BCUT2D eigenvalue weighted by molar-refractivity contribution is -0.132. The molecule has 0 spiro atoms. The zero-order chi connectivity index (χ0) is 14.5. The van der Waals surface area contributed by atoms with Crippen LogP contribution in [0.1, 0.15) is 44.0 Å². The van der Waals surface area contributed by atoms with Crippen molar-refractivity contribution in [3.63, 3.8) is 0 Å². The van der Waals surface area contributed by atoms with Crippen molar-refractivity contribution in [1.29, 1.82) is 0 Å². The molecule has 2 unspecified atom stereocenters. The molecular weight excluding hydrogens is 248 g/mol. The number of hydrogen-bond donors (Lipinski definition) is 0. The van der Waals surface area contributed by atoms with E-state index in [2.05, 4.69) is 20.8 Å². The van der Waals surface area contributed by atoms with Crippen LogP contribution in [0.3, 0.4) is 0 Å². The predicted octanol–water partition coefficient (Wildman–Crippen LogP) is 3.82. The Balaban J connectivity index is 2.06. The van der Waals surface area contributed by atoms with Gasteiger partial charge in [0.15, 0.2) is 5.78 Å². The fraction of sp³-hybridized carbons (Fsp3) is 0.444. The van der Waals surface area contributed by atoms with Crippen LogP contribution in [0.5, 0.6) is 0 Å². The van der Waals surface area contributed by atoms with Crippen molar-refractivity contribution in [3.05, 3.63) is 47.5 Å². The highest BCUT2D eigenvalue weighted by Crippen LogP contribution is 2.56. The number of Topliss-reactive ketones (excluding diaryl/α,β-unsaturated/α-hetero) is 2. The molecule has 2 nitrogen and oxygen atoms in total. The second-order valence-electron chi connectivity index (χ2n) is 7.12. The first-order valence-electron chi connectivity index (χ1n) is 7.18. The third kappa shape index (κ3) is 1.86. The molecule has 1 saturated carbocycles. The van der Waals surface area contributed by atoms with E-state index in [0.29, 0.717) is 6.42 Å². The van der Waals surface area contributed by atoms with Crippen molar-refractivity contribution in [1.82, 2.24) is 0 Å². The van der Waals surface area contributed by atoms with E-state index < -0.39 is 0 Å². The smallest absolute Gasteiger partial charge is 0.189 e. The highest BCUT2D eigenvalue weighted by atomic mass is 16.1. The Morgan fingerprint density at radius 1 is 1.15 bits per heavy atom. The van der Waals surface area contributed by atoms with Gasteiger partial charge in [-0.3, -0.25) is 9.59 Å². The van der Waals surface area contributed by atoms with E-state index in [1.807, 2.05) is 36.4 Å². The summed E-state index contributed by atoms with van der Waals surface area (Å²) in [6, 6.07) is 9.37. The number of fused-ring (bicyclic) bond motifs is 2. The molecule has 0 heterocycles. The maximum atomic E-state index is 12.7. The molecule has 2 heteroatoms. The Hall–Kier alpha value is -1.70. The molecule has 1 aromatic carbocycles. The summed E-state index contributed by atoms with van der Waals surface area (Å²) in [6.07, 6.45) is 3.36. The molecule has 0 radical (unpaired) electrons. The third-order valence-corrected chi connectivity index (χ3v) is 4.86. The van der Waals surface area contributed by atoms with Crippen molar-refractivity contribution in [3.8, 4) is 0 Å². The molecule has 1 fully saturated rings. The Morgan fingerprint density at radius 3 is 2.35 bits per heavy atom. The quantitative estimate of drug-likeness (QED) is 0.764. The van der Waals surface area contributed by atoms with Gasteiger partial charge in [0.1, 0.15) is 5.78 Å². The molecular formula is C18H20O2. The normalized spacial score (nSPS) is 31.1. The second kappa shape index (κ2) is 4.15. The van der Waals surface area contributed by atoms with E-state index in [-0.39, 0.29) is 28.3 Å². The number of carbonyl (C=O) groups excluding carboxylic acids is 2. The second-order valence-corrected chi connectivity index (χ2v) is 7.12. The van der Waals surface area contributed by atoms with Crippen molar-refractivity contribution >= 4 is 11.6 Å². The lowest BCUT2D eigenvalue weighted by Crippen LogP contribution is -2.49. The summed E-state index contributed by atoms with van der Waals surface area (Å²) in [5, 5.41) is 0. The minimum Gasteiger partial charge on any atom is -0.299 e. The Morgan fingerprint density at radius 2 is 1.80 bits per heavy atom. The fourth-order valence-corrected chi connectivity index (χ4v) is 4.08. The van der Waals surface area contributed by atoms with Crippen LogP contribution < -0.4 is 0 Å². The maximum Gasteiger partial charge on any atom is 0.189 e. The van der Waals surface area contributed by atoms with Crippen LogP contribution in [0.2, 0.25) is 0 Å². The van der Waals surface area contributed by atoms with Crippen molar-refractivity contribution in [2.45, 2.75) is 33.6 Å². The highest BCUT2D eigenvalue weighted by molar-refractivity contribution is 6.11. The summed E-state index contributed by atoms with van der Waals surface area (Å²) in [5.41, 5.74) is 1.22. The van der Waals surface area contributed by atoms with E-state index >= 15 is 0 Å². The van der Waals surface area contributed by atoms with Crippen molar-refractivity contribution in [2.75, 3.05) is 0 Å². The van der Waals surface area contributed by atoms with Crippen molar-refractivity contribution in [2.24, 2.45) is 16.7 Å². The van der Waals surface area contributed by atoms with E-state index in [4.69, 9.17) is 0 Å². The minimum atomic E-state index is -0.303. The topological polar surface area (TPSA) is 34.1 Å². The third-order valence-electron chi connectivity index (χ3n) is 4.86. The van der Waals surface area contributed by atoms with Crippen LogP contribution in [-0.4, -0.2) is 11.6 Å². The number of ketones is 2. The lowest BCUT2D eigenvalue weighted by Gasteiger charge is -2.51. The largest absolute Gasteiger partial charge is 0.299 e. The molecule has 0 aromatic heterocycles. The molecule has 0 N–H and O–H groups in total. The monoisotopic (exact) mass is 268 g/mol. The van der Waals surface area contributed by atoms with Crippen LogP contribution in [0.25, 0.3) is 0 Å². The minimum absolute atomic E-state index is 0.0372. The Bertz CT molecular complexity index is 610. The predicted molar refractivity (Wildman–Crippen MR) is 78.5 cm³/mol. The van der Waals surface area contributed by atoms with Gasteiger partial charge in [-0.05, 0) is 11.8 Å². The van der Waals surface area contributed by atoms with Gasteiger partial charge in [0.2, 0.25) is 0 Å². The first-order valence-corrected chi connectivity index (χ1v) is 7.18. The van der Waals surface area contributed by atoms with Crippen molar-refractivity contribution < 1.29 is 9.59 Å². The molecule has 3 aliphatic carbocycles. The molecule has 0 saturated heterocycles. The zero-order valence-corrected chi connectivity index (χ0v) is 12.3. The van der Waals surface area contributed by atoms with Gasteiger partial charge in [0, 0.05) is 28.9 Å². The molecule has 104 valence electrons. The van der Waals surface area contributed by atoms with Gasteiger partial charge in [-0.2, -0.15) is 0 Å². The van der Waals surface area contributed by atoms with Gasteiger partial charge < -0.3 is 0 Å². The van der Waals surface area contributed by atoms with Crippen LogP contribution >= 0.6 is 0 Å². The fourth-order valence-electron chi connectivity index (χ4n) is 4.08. The average molecular weight is 268 g/mol. The van der Waals surface area contributed by atoms with E-state index in [9.17, 15) is 9.59 Å². The summed E-state index contributed by atoms with van der Waals surface area (Å²) < 4.78 is 0. The first kappa shape index (κ1) is 13.3. The van der Waals surface area contributed by atoms with E-state index in [1.165, 1.54) is 0 Å². The van der Waals surface area contributed by atoms with Crippen LogP contribution in [0, 0.1) is 16.7 Å². The van der Waals surface area contributed by atoms with E-state index in [1.54, 1.807) is 0 Å². The van der Waals surface area contributed by atoms with Crippen LogP contribution in [0.15, 0.2) is 42.0 Å². The van der Waals surface area contributed by atoms with Gasteiger partial charge in [-0.1, -0.05) is 57.2 Å². The summed E-state index contributed by atoms with van der Waals surface area (Å²) in [4.78, 5) is 25.0. The average Bonchev–Trinajstić information content (AvgIpc) is 2.36. The van der Waals surface area contributed by atoms with Gasteiger partial charge in [-0.25, -0.2) is 0 Å². The molecule has 3 aliphatic rings. The molecule has 0 amide bonds. The molecule has 2 atom stereocenters. The van der Waals surface area contributed by atoms with Gasteiger partial charge in [0.05, 0.1) is 0 Å². The highest BCUT2D eigenvalue weighted by Gasteiger charge is 2.53. The summed E-state index contributed by atoms with van der Waals surface area (Å²) in [5.74, 6) is 0.265. The zero-order valence-electron chi connectivity index (χ0n) is 12.3. The van der Waals surface area contributed by atoms with Gasteiger partial charge in [0.25, 0.3) is 0 Å². The maximum absolute atomic E-state index is 12.7. The molecule has 4 rings (SSSR count). The number of carbonyl (C=O) groups is 2. The van der Waals surface area contributed by atoms with Crippen LogP contribution in [0.4, 0.5) is 0 Å². The summed E-state index contributed by atoms with van der Waals surface area (Å²) in [6.45, 7) is 6.33. The van der Waals surface area contributed by atoms with Crippen LogP contribution in [-0.2, 0) is 4.79 Å². The summed E-state index contributed by atoms with van der Waals surface area (Å²) in [7, 11) is 0. The molecule has 0 aliphatic heterocycles. The first-order chi connectivity index (χ1) is 9.33. The Labute approximate surface area is 119 Å². The number of benzene rings is 1. The number of rotatable bonds is 2. The van der Waals surface area contributed by atoms with Gasteiger partial charge in [-0.15, -0.1) is 0 Å². The molecule has 20 heavy (non-hydrogen) atoms. The summed E-state index contributed by atoms with van der Waals surface area (Å²) >= 11 is 0. The molecule has 2 bridgehead atoms. The lowest BCUT2D eigenvalue weighted by atomic mass is 9.51. The van der Waals surface area contributed by atoms with Gasteiger partial charge >= 0.3 is 0 Å². The van der Waals surface area contributed by atoms with E-state index in [0.717, 1.165) is 17.6 Å². The molecule has 1 aromatic rings. The Kier molecular flexibility index (Phi) is 2.75.